The van der Waals surface area contributed by atoms with Gasteiger partial charge in [0.2, 0.25) is 5.43 Å². The van der Waals surface area contributed by atoms with Crippen LogP contribution in [-0.4, -0.2) is 40.8 Å². The molecule has 3 aromatic rings. The molecule has 0 aliphatic heterocycles. The summed E-state index contributed by atoms with van der Waals surface area (Å²) in [5.41, 5.74) is -1.30. The molecule has 0 spiro atoms. The Kier molecular flexibility index (Phi) is 7.09. The van der Waals surface area contributed by atoms with E-state index in [4.69, 9.17) is 4.74 Å². The number of aromatic nitrogens is 2. The Bertz CT molecular complexity index is 1140. The molecule has 9 heteroatoms. The minimum Gasteiger partial charge on any atom is -0.383 e. The zero-order chi connectivity index (χ0) is 23.3. The molecule has 1 amide bonds. The van der Waals surface area contributed by atoms with Crippen LogP contribution in [0, 0.1) is 6.92 Å². The molecule has 1 aromatic heterocycles. The summed E-state index contributed by atoms with van der Waals surface area (Å²) in [6.45, 7) is 2.05. The van der Waals surface area contributed by atoms with Crippen LogP contribution in [0.5, 0.6) is 0 Å². The molecule has 0 unspecified atom stereocenters. The van der Waals surface area contributed by atoms with Gasteiger partial charge in [0.05, 0.1) is 17.9 Å². The van der Waals surface area contributed by atoms with Crippen LogP contribution >= 0.6 is 0 Å². The van der Waals surface area contributed by atoms with Crippen molar-refractivity contribution >= 4 is 5.91 Å². The number of amides is 1. The number of hydrogen-bond donors (Lipinski definition) is 0. The second-order valence-electron chi connectivity index (χ2n) is 7.13. The maximum atomic E-state index is 13.5. The van der Waals surface area contributed by atoms with Crippen molar-refractivity contribution in [2.75, 3.05) is 20.3 Å². The first kappa shape index (κ1) is 23.2. The quantitative estimate of drug-likeness (QED) is 0.554. The first-order valence-corrected chi connectivity index (χ1v) is 9.82. The van der Waals surface area contributed by atoms with Gasteiger partial charge in [-0.1, -0.05) is 42.5 Å². The second-order valence-corrected chi connectivity index (χ2v) is 7.13. The van der Waals surface area contributed by atoms with E-state index in [0.717, 1.165) is 22.4 Å². The number of benzene rings is 2. The average Bonchev–Trinajstić information content (AvgIpc) is 2.76. The van der Waals surface area contributed by atoms with Crippen molar-refractivity contribution in [2.45, 2.75) is 19.6 Å². The second kappa shape index (κ2) is 9.78. The number of rotatable bonds is 7. The van der Waals surface area contributed by atoms with Crippen LogP contribution in [0.4, 0.5) is 13.2 Å². The van der Waals surface area contributed by atoms with Crippen molar-refractivity contribution in [1.82, 2.24) is 14.7 Å². The number of hydrogen-bond acceptors (Lipinski definition) is 4. The third-order valence-corrected chi connectivity index (χ3v) is 4.82. The SMILES string of the molecule is COCCN(Cc1ccccc1)C(=O)c1nn(-c2ccccc2C(F)(F)F)c(C)cc1=O. The van der Waals surface area contributed by atoms with E-state index in [9.17, 15) is 22.8 Å². The third-order valence-electron chi connectivity index (χ3n) is 4.82. The van der Waals surface area contributed by atoms with Crippen LogP contribution in [0.15, 0.2) is 65.5 Å². The van der Waals surface area contributed by atoms with Gasteiger partial charge in [-0.25, -0.2) is 4.68 Å². The fourth-order valence-electron chi connectivity index (χ4n) is 3.24. The maximum Gasteiger partial charge on any atom is 0.418 e. The maximum absolute atomic E-state index is 13.5. The number of aryl methyl sites for hydroxylation is 1. The summed E-state index contributed by atoms with van der Waals surface area (Å²) in [6, 6.07) is 15.1. The Hall–Kier alpha value is -3.46. The lowest BCUT2D eigenvalue weighted by molar-refractivity contribution is -0.137. The average molecular weight is 445 g/mol. The van der Waals surface area contributed by atoms with Crippen LogP contribution in [0.3, 0.4) is 0 Å². The number of para-hydroxylation sites is 1. The van der Waals surface area contributed by atoms with Crippen molar-refractivity contribution in [3.05, 3.63) is 93.4 Å². The van der Waals surface area contributed by atoms with E-state index >= 15 is 0 Å². The normalized spacial score (nSPS) is 11.4. The molecule has 0 N–H and O–H groups in total. The Morgan fingerprint density at radius 1 is 1.09 bits per heavy atom. The summed E-state index contributed by atoms with van der Waals surface area (Å²) < 4.78 is 46.6. The molecule has 168 valence electrons. The van der Waals surface area contributed by atoms with E-state index in [-0.39, 0.29) is 31.1 Å². The monoisotopic (exact) mass is 445 g/mol. The summed E-state index contributed by atoms with van der Waals surface area (Å²) in [7, 11) is 1.48. The number of alkyl halides is 3. The summed E-state index contributed by atoms with van der Waals surface area (Å²) in [4.78, 5) is 27.2. The Morgan fingerprint density at radius 2 is 1.75 bits per heavy atom. The molecule has 0 bridgehead atoms. The number of nitrogens with zero attached hydrogens (tertiary/aromatic N) is 3. The van der Waals surface area contributed by atoms with E-state index < -0.39 is 28.8 Å². The lowest BCUT2D eigenvalue weighted by Gasteiger charge is -2.23. The number of carbonyl (C=O) groups excluding carboxylic acids is 1. The van der Waals surface area contributed by atoms with Gasteiger partial charge < -0.3 is 9.64 Å². The van der Waals surface area contributed by atoms with Gasteiger partial charge in [-0.15, -0.1) is 0 Å². The van der Waals surface area contributed by atoms with Gasteiger partial charge in [0.15, 0.2) is 5.69 Å². The fourth-order valence-corrected chi connectivity index (χ4v) is 3.24. The first-order chi connectivity index (χ1) is 15.2. The van der Waals surface area contributed by atoms with Crippen LogP contribution in [0.25, 0.3) is 5.69 Å². The first-order valence-electron chi connectivity index (χ1n) is 9.82. The topological polar surface area (TPSA) is 64.4 Å². The highest BCUT2D eigenvalue weighted by atomic mass is 19.4. The number of halogens is 3. The minimum absolute atomic E-state index is 0.176. The lowest BCUT2D eigenvalue weighted by Crippen LogP contribution is -2.38. The largest absolute Gasteiger partial charge is 0.418 e. The number of carbonyl (C=O) groups is 1. The molecule has 0 aliphatic rings. The van der Waals surface area contributed by atoms with Gasteiger partial charge >= 0.3 is 6.18 Å². The molecular formula is C23H22F3N3O3. The van der Waals surface area contributed by atoms with Crippen molar-refractivity contribution in [3.8, 4) is 5.69 Å². The highest BCUT2D eigenvalue weighted by Crippen LogP contribution is 2.33. The summed E-state index contributed by atoms with van der Waals surface area (Å²) in [5, 5.41) is 4.06. The van der Waals surface area contributed by atoms with Crippen molar-refractivity contribution < 1.29 is 22.7 Å². The predicted octanol–water partition coefficient (Wildman–Crippen LogP) is 3.85. The molecule has 0 atom stereocenters. The van der Waals surface area contributed by atoms with Gasteiger partial charge in [0.25, 0.3) is 5.91 Å². The Morgan fingerprint density at radius 3 is 2.41 bits per heavy atom. The molecule has 3 rings (SSSR count). The Balaban J connectivity index is 2.06. The van der Waals surface area contributed by atoms with Gasteiger partial charge in [0.1, 0.15) is 0 Å². The predicted molar refractivity (Wildman–Crippen MR) is 113 cm³/mol. The zero-order valence-corrected chi connectivity index (χ0v) is 17.6. The molecule has 0 aliphatic carbocycles. The molecule has 1 heterocycles. The molecule has 6 nitrogen and oxygen atoms in total. The van der Waals surface area contributed by atoms with Gasteiger partial charge in [-0.2, -0.15) is 18.3 Å². The van der Waals surface area contributed by atoms with E-state index in [1.165, 1.54) is 37.1 Å². The van der Waals surface area contributed by atoms with E-state index in [0.29, 0.717) is 0 Å². The highest BCUT2D eigenvalue weighted by molar-refractivity contribution is 5.92. The van der Waals surface area contributed by atoms with E-state index in [2.05, 4.69) is 5.10 Å². The van der Waals surface area contributed by atoms with E-state index in [1.807, 2.05) is 30.3 Å². The molecular weight excluding hydrogens is 423 g/mol. The van der Waals surface area contributed by atoms with Crippen LogP contribution in [0.1, 0.15) is 27.3 Å². The van der Waals surface area contributed by atoms with Crippen molar-refractivity contribution in [3.63, 3.8) is 0 Å². The molecule has 0 radical (unpaired) electrons. The standard InChI is InChI=1S/C23H22F3N3O3/c1-16-14-20(30)21(27-29(16)19-11-7-6-10-18(19)23(24,25)26)22(31)28(12-13-32-2)15-17-8-4-3-5-9-17/h3-11,14H,12-13,15H2,1-2H3. The van der Waals surface area contributed by atoms with Crippen LogP contribution < -0.4 is 5.43 Å². The number of ether oxygens (including phenoxy) is 1. The zero-order valence-electron chi connectivity index (χ0n) is 17.6. The van der Waals surface area contributed by atoms with Crippen molar-refractivity contribution in [2.24, 2.45) is 0 Å². The Labute approximate surface area is 182 Å². The number of methoxy groups -OCH3 is 1. The van der Waals surface area contributed by atoms with Crippen molar-refractivity contribution in [1.29, 1.82) is 0 Å². The van der Waals surface area contributed by atoms with E-state index in [1.54, 1.807) is 0 Å². The fraction of sp³-hybridized carbons (Fsp3) is 0.261. The molecule has 32 heavy (non-hydrogen) atoms. The molecule has 2 aromatic carbocycles. The highest BCUT2D eigenvalue weighted by Gasteiger charge is 2.34. The molecule has 0 saturated heterocycles. The summed E-state index contributed by atoms with van der Waals surface area (Å²) in [5.74, 6) is -0.686. The third kappa shape index (κ3) is 5.23. The van der Waals surface area contributed by atoms with Crippen LogP contribution in [-0.2, 0) is 17.5 Å². The smallest absolute Gasteiger partial charge is 0.383 e. The molecule has 0 saturated carbocycles. The van der Waals surface area contributed by atoms with Crippen LogP contribution in [0.2, 0.25) is 0 Å². The molecule has 0 fully saturated rings. The van der Waals surface area contributed by atoms with Gasteiger partial charge in [-0.3, -0.25) is 9.59 Å². The van der Waals surface area contributed by atoms with Gasteiger partial charge in [0, 0.05) is 32.0 Å². The van der Waals surface area contributed by atoms with Gasteiger partial charge in [-0.05, 0) is 24.6 Å². The minimum atomic E-state index is -4.63. The lowest BCUT2D eigenvalue weighted by atomic mass is 10.1. The summed E-state index contributed by atoms with van der Waals surface area (Å²) in [6.07, 6.45) is -4.63. The summed E-state index contributed by atoms with van der Waals surface area (Å²) >= 11 is 0.